The summed E-state index contributed by atoms with van der Waals surface area (Å²) in [6.45, 7) is 0.494. The predicted molar refractivity (Wildman–Crippen MR) is 117 cm³/mol. The van der Waals surface area contributed by atoms with E-state index in [1.165, 1.54) is 6.21 Å². The first-order valence-electron chi connectivity index (χ1n) is 9.00. The monoisotopic (exact) mass is 428 g/mol. The maximum Gasteiger partial charge on any atom is 0.119 e. The summed E-state index contributed by atoms with van der Waals surface area (Å²) < 4.78 is 7.75. The summed E-state index contributed by atoms with van der Waals surface area (Å²) in [7, 11) is 0. The van der Waals surface area contributed by atoms with E-state index in [0.717, 1.165) is 27.4 Å². The first-order valence-corrected chi connectivity index (χ1v) is 9.76. The molecule has 0 aliphatic heterocycles. The topological polar surface area (TPSA) is 67.0 Å². The second-order valence-corrected chi connectivity index (χ2v) is 7.58. The average Bonchev–Trinajstić information content (AvgIpc) is 3.00. The van der Waals surface area contributed by atoms with E-state index in [-0.39, 0.29) is 6.61 Å². The molecular formula is C22H18Cl2N2O3. The van der Waals surface area contributed by atoms with Crippen molar-refractivity contribution in [3.63, 3.8) is 0 Å². The van der Waals surface area contributed by atoms with Gasteiger partial charge in [-0.15, -0.1) is 0 Å². The molecule has 0 aliphatic carbocycles. The maximum absolute atomic E-state index is 10.6. The number of aromatic nitrogens is 1. The third-order valence-corrected chi connectivity index (χ3v) is 5.18. The fraction of sp³-hybridized carbons (Fsp3) is 0.136. The number of ether oxygens (including phenoxy) is 1. The summed E-state index contributed by atoms with van der Waals surface area (Å²) in [4.78, 5) is 0. The second kappa shape index (κ2) is 8.33. The lowest BCUT2D eigenvalue weighted by molar-refractivity contribution is 0.0945. The summed E-state index contributed by atoms with van der Waals surface area (Å²) >= 11 is 12.4. The van der Waals surface area contributed by atoms with E-state index in [1.54, 1.807) is 24.3 Å². The van der Waals surface area contributed by atoms with Gasteiger partial charge < -0.3 is 19.6 Å². The molecule has 0 amide bonds. The number of hydrogen-bond acceptors (Lipinski definition) is 4. The van der Waals surface area contributed by atoms with Crippen LogP contribution >= 0.6 is 23.2 Å². The molecular weight excluding hydrogens is 411 g/mol. The first kappa shape index (κ1) is 19.6. The molecule has 0 unspecified atom stereocenters. The van der Waals surface area contributed by atoms with Crippen molar-refractivity contribution in [2.75, 3.05) is 6.61 Å². The zero-order valence-corrected chi connectivity index (χ0v) is 16.8. The second-order valence-electron chi connectivity index (χ2n) is 6.71. The Bertz CT molecular complexity index is 1130. The van der Waals surface area contributed by atoms with E-state index >= 15 is 0 Å². The molecule has 0 aliphatic rings. The molecule has 4 rings (SSSR count). The van der Waals surface area contributed by atoms with Crippen LogP contribution in [-0.4, -0.2) is 33.8 Å². The van der Waals surface area contributed by atoms with Crippen molar-refractivity contribution >= 4 is 51.2 Å². The lowest BCUT2D eigenvalue weighted by Crippen LogP contribution is -2.23. The number of nitrogens with zero attached hydrogens (tertiary/aromatic N) is 2. The average molecular weight is 429 g/mol. The zero-order chi connectivity index (χ0) is 20.4. The summed E-state index contributed by atoms with van der Waals surface area (Å²) in [6.07, 6.45) is 0.609. The van der Waals surface area contributed by atoms with Gasteiger partial charge in [0.25, 0.3) is 0 Å². The van der Waals surface area contributed by atoms with Crippen LogP contribution in [0.5, 0.6) is 5.75 Å². The van der Waals surface area contributed by atoms with Gasteiger partial charge in [0.15, 0.2) is 0 Å². The van der Waals surface area contributed by atoms with E-state index < -0.39 is 6.10 Å². The Labute approximate surface area is 177 Å². The summed E-state index contributed by atoms with van der Waals surface area (Å²) in [6, 6.07) is 18.4. The van der Waals surface area contributed by atoms with Crippen molar-refractivity contribution in [1.29, 1.82) is 0 Å². The van der Waals surface area contributed by atoms with Crippen molar-refractivity contribution in [3.05, 3.63) is 76.3 Å². The Balaban J connectivity index is 1.56. The lowest BCUT2D eigenvalue weighted by Gasteiger charge is -2.15. The molecule has 2 N–H and O–H groups in total. The van der Waals surface area contributed by atoms with Crippen LogP contribution in [0.1, 0.15) is 5.56 Å². The van der Waals surface area contributed by atoms with Gasteiger partial charge in [-0.05, 0) is 66.2 Å². The molecule has 5 nitrogen and oxygen atoms in total. The standard InChI is InChI=1S/C22H18Cl2N2O3/c23-15-3-7-21-19(9-15)20-10-16(24)4-8-22(20)26(21)12-17(27)13-29-18-5-1-14(2-6-18)11-25-28/h1-11,17,27-28H,12-13H2/b25-11-/t17-/m1/s1. The number of rotatable bonds is 6. The van der Waals surface area contributed by atoms with Gasteiger partial charge in [0.05, 0.1) is 12.8 Å². The minimum Gasteiger partial charge on any atom is -0.491 e. The van der Waals surface area contributed by atoms with Crippen LogP contribution in [0, 0.1) is 0 Å². The SMILES string of the molecule is O/N=C\c1ccc(OC[C@H](O)Cn2c3ccc(Cl)cc3c3cc(Cl)ccc32)cc1. The number of aliphatic hydroxyl groups excluding tert-OH is 1. The largest absolute Gasteiger partial charge is 0.491 e. The number of aliphatic hydroxyl groups is 1. The molecule has 0 fully saturated rings. The Morgan fingerprint density at radius 3 is 2.07 bits per heavy atom. The maximum atomic E-state index is 10.6. The Kier molecular flexibility index (Phi) is 5.62. The van der Waals surface area contributed by atoms with Crippen LogP contribution < -0.4 is 4.74 Å². The smallest absolute Gasteiger partial charge is 0.119 e. The van der Waals surface area contributed by atoms with Gasteiger partial charge in [0, 0.05) is 31.9 Å². The van der Waals surface area contributed by atoms with Crippen molar-refractivity contribution in [2.24, 2.45) is 5.16 Å². The zero-order valence-electron chi connectivity index (χ0n) is 15.3. The number of oxime groups is 1. The Morgan fingerprint density at radius 2 is 1.52 bits per heavy atom. The molecule has 29 heavy (non-hydrogen) atoms. The molecule has 0 radical (unpaired) electrons. The van der Waals surface area contributed by atoms with Gasteiger partial charge in [-0.1, -0.05) is 28.4 Å². The van der Waals surface area contributed by atoms with Crippen LogP contribution in [0.3, 0.4) is 0 Å². The number of hydrogen-bond donors (Lipinski definition) is 2. The normalized spacial score (nSPS) is 12.8. The minimum atomic E-state index is -0.723. The molecule has 1 heterocycles. The van der Waals surface area contributed by atoms with Crippen molar-refractivity contribution in [1.82, 2.24) is 4.57 Å². The lowest BCUT2D eigenvalue weighted by atomic mass is 10.1. The fourth-order valence-corrected chi connectivity index (χ4v) is 3.76. The van der Waals surface area contributed by atoms with Crippen LogP contribution in [0.4, 0.5) is 0 Å². The molecule has 0 saturated heterocycles. The summed E-state index contributed by atoms with van der Waals surface area (Å²) in [5.41, 5.74) is 2.69. The van der Waals surface area contributed by atoms with E-state index in [4.69, 9.17) is 33.1 Å². The van der Waals surface area contributed by atoms with E-state index in [1.807, 2.05) is 41.0 Å². The highest BCUT2D eigenvalue weighted by Gasteiger charge is 2.15. The van der Waals surface area contributed by atoms with Crippen LogP contribution in [-0.2, 0) is 6.54 Å². The van der Waals surface area contributed by atoms with E-state index in [2.05, 4.69) is 5.16 Å². The van der Waals surface area contributed by atoms with Gasteiger partial charge in [0.2, 0.25) is 0 Å². The molecule has 0 saturated carbocycles. The molecule has 1 atom stereocenters. The molecule has 0 bridgehead atoms. The number of benzene rings is 3. The number of fused-ring (bicyclic) bond motifs is 3. The third kappa shape index (κ3) is 4.17. The third-order valence-electron chi connectivity index (χ3n) is 4.71. The van der Waals surface area contributed by atoms with Gasteiger partial charge in [-0.2, -0.15) is 0 Å². The van der Waals surface area contributed by atoms with Crippen molar-refractivity contribution in [2.45, 2.75) is 12.6 Å². The molecule has 3 aromatic carbocycles. The Hall–Kier alpha value is -2.73. The highest BCUT2D eigenvalue weighted by molar-refractivity contribution is 6.33. The molecule has 4 aromatic rings. The summed E-state index contributed by atoms with van der Waals surface area (Å²) in [5.74, 6) is 0.625. The van der Waals surface area contributed by atoms with Crippen molar-refractivity contribution < 1.29 is 15.1 Å². The van der Waals surface area contributed by atoms with Gasteiger partial charge in [-0.3, -0.25) is 0 Å². The highest BCUT2D eigenvalue weighted by atomic mass is 35.5. The predicted octanol–water partition coefficient (Wildman–Crippen LogP) is 5.35. The van der Waals surface area contributed by atoms with Gasteiger partial charge in [0.1, 0.15) is 18.5 Å². The van der Waals surface area contributed by atoms with Gasteiger partial charge >= 0.3 is 0 Å². The van der Waals surface area contributed by atoms with Crippen LogP contribution in [0.15, 0.2) is 65.8 Å². The summed E-state index contributed by atoms with van der Waals surface area (Å²) in [5, 5.41) is 25.4. The van der Waals surface area contributed by atoms with E-state index in [0.29, 0.717) is 22.3 Å². The quantitative estimate of drug-likeness (QED) is 0.247. The fourth-order valence-electron chi connectivity index (χ4n) is 3.42. The highest BCUT2D eigenvalue weighted by Crippen LogP contribution is 2.33. The van der Waals surface area contributed by atoms with Crippen LogP contribution in [0.25, 0.3) is 21.8 Å². The molecule has 7 heteroatoms. The molecule has 0 spiro atoms. The van der Waals surface area contributed by atoms with Crippen LogP contribution in [0.2, 0.25) is 10.0 Å². The van der Waals surface area contributed by atoms with E-state index in [9.17, 15) is 5.11 Å². The Morgan fingerprint density at radius 1 is 0.931 bits per heavy atom. The van der Waals surface area contributed by atoms with Crippen molar-refractivity contribution in [3.8, 4) is 5.75 Å². The van der Waals surface area contributed by atoms with Gasteiger partial charge in [-0.25, -0.2) is 0 Å². The number of halogens is 2. The molecule has 148 valence electrons. The first-order chi connectivity index (χ1) is 14.0. The molecule has 1 aromatic heterocycles. The minimum absolute atomic E-state index is 0.135.